The highest BCUT2D eigenvalue weighted by Crippen LogP contribution is 2.19. The Morgan fingerprint density at radius 3 is 2.76 bits per heavy atom. The van der Waals surface area contributed by atoms with E-state index in [1.54, 1.807) is 17.1 Å². The lowest BCUT2D eigenvalue weighted by molar-refractivity contribution is 0.421. The summed E-state index contributed by atoms with van der Waals surface area (Å²) in [5.74, 6) is 1.11. The molecule has 3 aromatic rings. The lowest BCUT2D eigenvalue weighted by Crippen LogP contribution is -1.98. The monoisotopic (exact) mass is 345 g/mol. The van der Waals surface area contributed by atoms with Crippen LogP contribution in [0.4, 0.5) is 0 Å². The summed E-state index contributed by atoms with van der Waals surface area (Å²) in [6, 6.07) is 11.6. The summed E-state index contributed by atoms with van der Waals surface area (Å²) >= 11 is 3.33. The van der Waals surface area contributed by atoms with Crippen LogP contribution < -0.4 is 4.74 Å². The average Bonchev–Trinajstić information content (AvgIpc) is 2.96. The lowest BCUT2D eigenvalue weighted by atomic mass is 10.3. The highest BCUT2D eigenvalue weighted by atomic mass is 79.9. The largest absolute Gasteiger partial charge is 0.404 e. The minimum atomic E-state index is 0.242. The van der Waals surface area contributed by atoms with Crippen molar-refractivity contribution in [2.75, 3.05) is 0 Å². The quantitative estimate of drug-likeness (QED) is 0.679. The molecule has 21 heavy (non-hydrogen) atoms. The van der Waals surface area contributed by atoms with Crippen LogP contribution in [-0.4, -0.2) is 24.7 Å². The minimum absolute atomic E-state index is 0.242. The van der Waals surface area contributed by atoms with E-state index in [0.717, 1.165) is 12.1 Å². The number of ether oxygens (including phenoxy) is 1. The Bertz CT molecular complexity index is 744. The molecule has 3 rings (SSSR count). The molecule has 2 aromatic heterocycles. The predicted octanol–water partition coefficient (Wildman–Crippen LogP) is 3.17. The van der Waals surface area contributed by atoms with Gasteiger partial charge in [-0.3, -0.25) is 0 Å². The maximum Gasteiger partial charge on any atom is 0.342 e. The molecule has 6 nitrogen and oxygen atoms in total. The van der Waals surface area contributed by atoms with Crippen LogP contribution in [0.3, 0.4) is 0 Å². The summed E-state index contributed by atoms with van der Waals surface area (Å²) in [5, 5.41) is 4.27. The van der Waals surface area contributed by atoms with Gasteiger partial charge in [-0.1, -0.05) is 25.1 Å². The molecule has 0 amide bonds. The van der Waals surface area contributed by atoms with Gasteiger partial charge >= 0.3 is 6.01 Å². The molecule has 0 unspecified atom stereocenters. The molecule has 0 N–H and O–H groups in total. The van der Waals surface area contributed by atoms with E-state index in [4.69, 9.17) is 4.74 Å². The van der Waals surface area contributed by atoms with Gasteiger partial charge in [0.1, 0.15) is 16.8 Å². The van der Waals surface area contributed by atoms with Gasteiger partial charge in [0, 0.05) is 12.5 Å². The van der Waals surface area contributed by atoms with Gasteiger partial charge in [0.25, 0.3) is 0 Å². The molecule has 0 radical (unpaired) electrons. The lowest BCUT2D eigenvalue weighted by Gasteiger charge is -2.03. The molecule has 7 heteroatoms. The van der Waals surface area contributed by atoms with Gasteiger partial charge in [-0.05, 0) is 28.1 Å². The third-order valence-corrected chi connectivity index (χ3v) is 3.13. The predicted molar refractivity (Wildman–Crippen MR) is 80.5 cm³/mol. The first-order valence-electron chi connectivity index (χ1n) is 6.43. The van der Waals surface area contributed by atoms with Gasteiger partial charge in [-0.2, -0.15) is 9.97 Å². The molecule has 0 saturated heterocycles. The highest BCUT2D eigenvalue weighted by molar-refractivity contribution is 9.10. The number of hydrogen-bond acceptors (Lipinski definition) is 5. The van der Waals surface area contributed by atoms with Crippen LogP contribution in [0.2, 0.25) is 0 Å². The summed E-state index contributed by atoms with van der Waals surface area (Å²) in [7, 11) is 0. The Kier molecular flexibility index (Phi) is 3.92. The molecule has 0 spiro atoms. The van der Waals surface area contributed by atoms with Crippen molar-refractivity contribution in [1.82, 2.24) is 24.7 Å². The zero-order chi connectivity index (χ0) is 14.7. The molecule has 0 aliphatic carbocycles. The molecule has 0 bridgehead atoms. The van der Waals surface area contributed by atoms with Crippen molar-refractivity contribution in [2.45, 2.75) is 13.3 Å². The van der Waals surface area contributed by atoms with Crippen molar-refractivity contribution in [3.8, 4) is 17.6 Å². The van der Waals surface area contributed by atoms with E-state index >= 15 is 0 Å². The van der Waals surface area contributed by atoms with Gasteiger partial charge in [-0.25, -0.2) is 9.67 Å². The molecular formula is C14H12BrN5O. The fourth-order valence-electron chi connectivity index (χ4n) is 1.75. The number of aromatic nitrogens is 5. The number of hydrogen-bond donors (Lipinski definition) is 0. The van der Waals surface area contributed by atoms with E-state index in [-0.39, 0.29) is 6.01 Å². The summed E-state index contributed by atoms with van der Waals surface area (Å²) < 4.78 is 7.90. The van der Waals surface area contributed by atoms with Gasteiger partial charge in [0.2, 0.25) is 5.88 Å². The van der Waals surface area contributed by atoms with E-state index in [1.165, 1.54) is 0 Å². The van der Waals surface area contributed by atoms with Crippen LogP contribution >= 0.6 is 15.9 Å². The molecule has 0 saturated carbocycles. The smallest absolute Gasteiger partial charge is 0.342 e. The van der Waals surface area contributed by atoms with Gasteiger partial charge in [-0.15, -0.1) is 5.10 Å². The van der Waals surface area contributed by atoms with Crippen molar-refractivity contribution in [2.24, 2.45) is 0 Å². The maximum atomic E-state index is 5.58. The Labute approximate surface area is 130 Å². The second kappa shape index (κ2) is 6.01. The number of para-hydroxylation sites is 1. The standard InChI is InChI=1S/C14H12BrN5O/c1-2-12-17-11(15)8-13(18-12)21-14-16-9-20(19-14)10-6-4-3-5-7-10/h3-9H,2H2,1H3. The van der Waals surface area contributed by atoms with Gasteiger partial charge in [0.05, 0.1) is 5.69 Å². The minimum Gasteiger partial charge on any atom is -0.404 e. The third-order valence-electron chi connectivity index (χ3n) is 2.72. The Hall–Kier alpha value is -2.28. The average molecular weight is 346 g/mol. The molecule has 2 heterocycles. The van der Waals surface area contributed by atoms with Crippen LogP contribution in [-0.2, 0) is 6.42 Å². The van der Waals surface area contributed by atoms with E-state index in [2.05, 4.69) is 36.0 Å². The zero-order valence-corrected chi connectivity index (χ0v) is 12.9. The van der Waals surface area contributed by atoms with Crippen molar-refractivity contribution in [1.29, 1.82) is 0 Å². The van der Waals surface area contributed by atoms with Crippen LogP contribution in [0.25, 0.3) is 5.69 Å². The van der Waals surface area contributed by atoms with Gasteiger partial charge in [0.15, 0.2) is 0 Å². The number of rotatable bonds is 4. The second-order valence-corrected chi connectivity index (χ2v) is 5.02. The van der Waals surface area contributed by atoms with Crippen LogP contribution in [0.5, 0.6) is 11.9 Å². The molecule has 0 atom stereocenters. The molecular weight excluding hydrogens is 334 g/mol. The second-order valence-electron chi connectivity index (χ2n) is 4.21. The summed E-state index contributed by atoms with van der Waals surface area (Å²) in [5.41, 5.74) is 0.915. The SMILES string of the molecule is CCc1nc(Br)cc(Oc2ncn(-c3ccccc3)n2)n1. The highest BCUT2D eigenvalue weighted by Gasteiger charge is 2.08. The van der Waals surface area contributed by atoms with Crippen LogP contribution in [0.15, 0.2) is 47.3 Å². The van der Waals surface area contributed by atoms with Gasteiger partial charge < -0.3 is 4.74 Å². The van der Waals surface area contributed by atoms with Crippen molar-refractivity contribution < 1.29 is 4.74 Å². The Morgan fingerprint density at radius 2 is 2.00 bits per heavy atom. The number of nitrogens with zero attached hydrogens (tertiary/aromatic N) is 5. The number of aryl methyl sites for hydroxylation is 1. The summed E-state index contributed by atoms with van der Waals surface area (Å²) in [6.45, 7) is 1.98. The number of halogens is 1. The van der Waals surface area contributed by atoms with E-state index < -0.39 is 0 Å². The molecule has 0 fully saturated rings. The normalized spacial score (nSPS) is 10.6. The molecule has 0 aliphatic rings. The first-order chi connectivity index (χ1) is 10.2. The molecule has 0 aliphatic heterocycles. The van der Waals surface area contributed by atoms with Crippen molar-refractivity contribution in [3.63, 3.8) is 0 Å². The molecule has 106 valence electrons. The first kappa shape index (κ1) is 13.7. The van der Waals surface area contributed by atoms with E-state index in [9.17, 15) is 0 Å². The van der Waals surface area contributed by atoms with Crippen LogP contribution in [0, 0.1) is 0 Å². The van der Waals surface area contributed by atoms with Crippen LogP contribution in [0.1, 0.15) is 12.7 Å². The van der Waals surface area contributed by atoms with Crippen molar-refractivity contribution >= 4 is 15.9 Å². The molecule has 1 aromatic carbocycles. The fourth-order valence-corrected chi connectivity index (χ4v) is 2.15. The summed E-state index contributed by atoms with van der Waals surface area (Å²) in [4.78, 5) is 12.6. The topological polar surface area (TPSA) is 65.7 Å². The first-order valence-corrected chi connectivity index (χ1v) is 7.22. The number of benzene rings is 1. The third kappa shape index (κ3) is 3.25. The maximum absolute atomic E-state index is 5.58. The van der Waals surface area contributed by atoms with E-state index in [1.807, 2.05) is 37.3 Å². The Balaban J connectivity index is 1.83. The Morgan fingerprint density at radius 1 is 1.19 bits per heavy atom. The van der Waals surface area contributed by atoms with E-state index in [0.29, 0.717) is 16.3 Å². The van der Waals surface area contributed by atoms with Crippen molar-refractivity contribution in [3.05, 3.63) is 53.2 Å². The fraction of sp³-hybridized carbons (Fsp3) is 0.143. The summed E-state index contributed by atoms with van der Waals surface area (Å²) in [6.07, 6.45) is 2.32. The zero-order valence-electron chi connectivity index (χ0n) is 11.3.